The van der Waals surface area contributed by atoms with E-state index in [2.05, 4.69) is 21.3 Å². The molecule has 92 valence electrons. The largest absolute Gasteiger partial charge is 0.339 e. The van der Waals surface area contributed by atoms with Gasteiger partial charge in [0.25, 0.3) is 0 Å². The van der Waals surface area contributed by atoms with Crippen molar-refractivity contribution in [1.82, 2.24) is 19.9 Å². The number of nitrogens with zero attached hydrogens (tertiary/aromatic N) is 5. The fourth-order valence-corrected chi connectivity index (χ4v) is 2.36. The van der Waals surface area contributed by atoms with Gasteiger partial charge < -0.3 is 4.52 Å². The van der Waals surface area contributed by atoms with Gasteiger partial charge in [-0.05, 0) is 5.41 Å². The first-order valence-corrected chi connectivity index (χ1v) is 5.76. The molecule has 0 spiro atoms. The maximum absolute atomic E-state index is 9.05. The second-order valence-corrected chi connectivity index (χ2v) is 5.26. The van der Waals surface area contributed by atoms with Gasteiger partial charge in [0.05, 0.1) is 29.7 Å². The molecule has 0 N–H and O–H groups in total. The lowest BCUT2D eigenvalue weighted by molar-refractivity contribution is 0.368. The third-order valence-corrected chi connectivity index (χ3v) is 3.64. The average molecular weight is 243 g/mol. The number of nitriles is 1. The summed E-state index contributed by atoms with van der Waals surface area (Å²) in [7, 11) is 1.83. The number of hydrogen-bond acceptors (Lipinski definition) is 5. The molecule has 1 aliphatic carbocycles. The van der Waals surface area contributed by atoms with Crippen LogP contribution in [-0.2, 0) is 7.05 Å². The van der Waals surface area contributed by atoms with Crippen LogP contribution in [0.25, 0.3) is 11.4 Å². The molecular weight excluding hydrogens is 230 g/mol. The Morgan fingerprint density at radius 3 is 2.83 bits per heavy atom. The van der Waals surface area contributed by atoms with E-state index >= 15 is 0 Å². The molecule has 0 radical (unpaired) electrons. The van der Waals surface area contributed by atoms with E-state index in [1.807, 2.05) is 27.1 Å². The van der Waals surface area contributed by atoms with E-state index in [0.29, 0.717) is 11.7 Å². The lowest BCUT2D eigenvalue weighted by Crippen LogP contribution is -1.90. The number of aryl methyl sites for hydroxylation is 1. The minimum Gasteiger partial charge on any atom is -0.339 e. The van der Waals surface area contributed by atoms with Gasteiger partial charge in [0, 0.05) is 13.2 Å². The highest BCUT2D eigenvalue weighted by atomic mass is 16.5. The third-order valence-electron chi connectivity index (χ3n) is 3.64. The molecule has 6 nitrogen and oxygen atoms in total. The lowest BCUT2D eigenvalue weighted by atomic mass is 10.1. The van der Waals surface area contributed by atoms with Gasteiger partial charge in [-0.1, -0.05) is 19.0 Å². The molecule has 3 rings (SSSR count). The highest BCUT2D eigenvalue weighted by Crippen LogP contribution is 2.63. The number of hydrogen-bond donors (Lipinski definition) is 0. The normalized spacial score (nSPS) is 24.8. The van der Waals surface area contributed by atoms with E-state index < -0.39 is 0 Å². The van der Waals surface area contributed by atoms with Crippen molar-refractivity contribution in [2.24, 2.45) is 18.4 Å². The Bertz CT molecular complexity index is 633. The highest BCUT2D eigenvalue weighted by Gasteiger charge is 2.62. The number of rotatable bonds is 2. The predicted octanol–water partition coefficient (Wildman–Crippen LogP) is 1.73. The molecule has 0 aliphatic heterocycles. The Labute approximate surface area is 104 Å². The summed E-state index contributed by atoms with van der Waals surface area (Å²) in [6.07, 6.45) is 3.52. The lowest BCUT2D eigenvalue weighted by Gasteiger charge is -1.95. The van der Waals surface area contributed by atoms with Gasteiger partial charge in [-0.15, -0.1) is 0 Å². The average Bonchev–Trinajstić information content (AvgIpc) is 2.77. The first-order valence-electron chi connectivity index (χ1n) is 5.76. The van der Waals surface area contributed by atoms with Crippen LogP contribution in [0.1, 0.15) is 25.7 Å². The summed E-state index contributed by atoms with van der Waals surface area (Å²) in [5.74, 6) is 1.07. The van der Waals surface area contributed by atoms with Gasteiger partial charge in [-0.2, -0.15) is 15.3 Å². The molecule has 0 saturated heterocycles. The molecule has 2 atom stereocenters. The minimum absolute atomic E-state index is 0.0419. The zero-order chi connectivity index (χ0) is 12.9. The fourth-order valence-electron chi connectivity index (χ4n) is 2.36. The Morgan fingerprint density at radius 2 is 2.28 bits per heavy atom. The molecule has 2 heterocycles. The SMILES string of the molecule is Cn1cc(-c2noc(C3C(C#N)C3(C)C)n2)cn1. The van der Waals surface area contributed by atoms with E-state index in [9.17, 15) is 0 Å². The van der Waals surface area contributed by atoms with Crippen LogP contribution >= 0.6 is 0 Å². The maximum Gasteiger partial charge on any atom is 0.232 e. The summed E-state index contributed by atoms with van der Waals surface area (Å²) in [6, 6.07) is 2.29. The summed E-state index contributed by atoms with van der Waals surface area (Å²) >= 11 is 0. The Kier molecular flexibility index (Phi) is 2.08. The van der Waals surface area contributed by atoms with Crippen molar-refractivity contribution in [2.75, 3.05) is 0 Å². The standard InChI is InChI=1S/C12H13N5O/c1-12(2)8(4-13)9(12)11-15-10(16-18-11)7-5-14-17(3)6-7/h5-6,8-9H,1-3H3. The van der Waals surface area contributed by atoms with Gasteiger partial charge in [0.2, 0.25) is 11.7 Å². The minimum atomic E-state index is -0.0759. The molecule has 0 bridgehead atoms. The first kappa shape index (κ1) is 11.0. The quantitative estimate of drug-likeness (QED) is 0.802. The van der Waals surface area contributed by atoms with Crippen LogP contribution in [0.2, 0.25) is 0 Å². The van der Waals surface area contributed by atoms with Crippen LogP contribution in [0.4, 0.5) is 0 Å². The van der Waals surface area contributed by atoms with Crippen LogP contribution < -0.4 is 0 Å². The van der Waals surface area contributed by atoms with E-state index in [1.54, 1.807) is 10.9 Å². The molecular formula is C12H13N5O. The second kappa shape index (κ2) is 3.42. The summed E-state index contributed by atoms with van der Waals surface area (Å²) in [5, 5.41) is 17.1. The zero-order valence-corrected chi connectivity index (χ0v) is 10.5. The summed E-state index contributed by atoms with van der Waals surface area (Å²) < 4.78 is 6.96. The van der Waals surface area contributed by atoms with Crippen molar-refractivity contribution in [1.29, 1.82) is 5.26 Å². The van der Waals surface area contributed by atoms with Crippen molar-refractivity contribution in [3.63, 3.8) is 0 Å². The topological polar surface area (TPSA) is 80.5 Å². The molecule has 1 saturated carbocycles. The van der Waals surface area contributed by atoms with Crippen LogP contribution in [0.5, 0.6) is 0 Å². The van der Waals surface area contributed by atoms with Gasteiger partial charge in [-0.3, -0.25) is 4.68 Å². The first-order chi connectivity index (χ1) is 8.54. The molecule has 2 aromatic heterocycles. The molecule has 2 unspecified atom stereocenters. The van der Waals surface area contributed by atoms with E-state index in [1.165, 1.54) is 0 Å². The monoisotopic (exact) mass is 243 g/mol. The zero-order valence-electron chi connectivity index (χ0n) is 10.5. The summed E-state index contributed by atoms with van der Waals surface area (Å²) in [5.41, 5.74) is 0.743. The Balaban J connectivity index is 1.90. The Hall–Kier alpha value is -2.16. The molecule has 2 aromatic rings. The van der Waals surface area contributed by atoms with E-state index in [0.717, 1.165) is 5.56 Å². The molecule has 0 aromatic carbocycles. The molecule has 1 aliphatic rings. The van der Waals surface area contributed by atoms with Gasteiger partial charge in [0.15, 0.2) is 0 Å². The van der Waals surface area contributed by atoms with Crippen LogP contribution in [-0.4, -0.2) is 19.9 Å². The smallest absolute Gasteiger partial charge is 0.232 e. The van der Waals surface area contributed by atoms with Gasteiger partial charge in [-0.25, -0.2) is 0 Å². The molecule has 0 amide bonds. The van der Waals surface area contributed by atoms with Crippen molar-refractivity contribution < 1.29 is 4.52 Å². The van der Waals surface area contributed by atoms with Crippen LogP contribution in [0, 0.1) is 22.7 Å². The predicted molar refractivity (Wildman–Crippen MR) is 62.1 cm³/mol. The van der Waals surface area contributed by atoms with Gasteiger partial charge in [0.1, 0.15) is 0 Å². The fraction of sp³-hybridized carbons (Fsp3) is 0.500. The van der Waals surface area contributed by atoms with E-state index in [4.69, 9.17) is 9.78 Å². The van der Waals surface area contributed by atoms with Crippen LogP contribution in [0.3, 0.4) is 0 Å². The summed E-state index contributed by atoms with van der Waals surface area (Å²) in [4.78, 5) is 4.37. The maximum atomic E-state index is 9.05. The Morgan fingerprint density at radius 1 is 1.50 bits per heavy atom. The molecule has 1 fully saturated rings. The second-order valence-electron chi connectivity index (χ2n) is 5.26. The van der Waals surface area contributed by atoms with Crippen molar-refractivity contribution in [3.8, 4) is 17.5 Å². The van der Waals surface area contributed by atoms with E-state index in [-0.39, 0.29) is 17.3 Å². The van der Waals surface area contributed by atoms with Crippen LogP contribution in [0.15, 0.2) is 16.9 Å². The number of aromatic nitrogens is 4. The molecule has 18 heavy (non-hydrogen) atoms. The third kappa shape index (κ3) is 1.44. The summed E-state index contributed by atoms with van der Waals surface area (Å²) in [6.45, 7) is 4.08. The molecule has 6 heteroatoms. The van der Waals surface area contributed by atoms with Crippen molar-refractivity contribution in [3.05, 3.63) is 18.3 Å². The van der Waals surface area contributed by atoms with Crippen molar-refractivity contribution >= 4 is 0 Å². The van der Waals surface area contributed by atoms with Gasteiger partial charge >= 0.3 is 0 Å². The van der Waals surface area contributed by atoms with Crippen molar-refractivity contribution in [2.45, 2.75) is 19.8 Å². The highest BCUT2D eigenvalue weighted by molar-refractivity contribution is 5.51.